The average molecular weight is 353 g/mol. The first-order valence-corrected chi connectivity index (χ1v) is 8.10. The summed E-state index contributed by atoms with van der Waals surface area (Å²) in [6.45, 7) is 0.754. The van der Waals surface area contributed by atoms with Crippen molar-refractivity contribution in [2.24, 2.45) is 0 Å². The van der Waals surface area contributed by atoms with Gasteiger partial charge < -0.3 is 20.1 Å². The molecule has 120 valence electrons. The average Bonchev–Trinajstić information content (AvgIpc) is 3.08. The van der Waals surface area contributed by atoms with E-state index in [1.807, 2.05) is 0 Å². The van der Waals surface area contributed by atoms with E-state index in [1.165, 1.54) is 11.3 Å². The Balaban J connectivity index is 1.60. The number of hydrogen-bond donors (Lipinski definition) is 2. The van der Waals surface area contributed by atoms with Crippen molar-refractivity contribution in [3.8, 4) is 11.5 Å². The molecule has 23 heavy (non-hydrogen) atoms. The lowest BCUT2D eigenvalue weighted by molar-refractivity contribution is -0.115. The Bertz CT molecular complexity index is 733. The van der Waals surface area contributed by atoms with Crippen molar-refractivity contribution in [1.29, 1.82) is 0 Å². The molecular formula is C15H13ClN2O4S. The summed E-state index contributed by atoms with van der Waals surface area (Å²) in [4.78, 5) is 24.3. The highest BCUT2D eigenvalue weighted by Crippen LogP contribution is 2.37. The smallest absolute Gasteiger partial charge is 0.261 e. The number of halogens is 1. The number of anilines is 1. The van der Waals surface area contributed by atoms with E-state index in [1.54, 1.807) is 29.6 Å². The van der Waals surface area contributed by atoms with Gasteiger partial charge in [0.2, 0.25) is 5.91 Å². The van der Waals surface area contributed by atoms with E-state index in [9.17, 15) is 9.59 Å². The topological polar surface area (TPSA) is 76.7 Å². The molecule has 1 aliphatic heterocycles. The standard InChI is InChI=1S/C15H13ClN2O4S/c16-9-6-11-12(22-4-3-21-11)7-10(9)18-14(19)8-17-15(20)13-2-1-5-23-13/h1-2,5-7H,3-4,8H2,(H,17,20)(H,18,19). The molecule has 3 rings (SSSR count). The van der Waals surface area contributed by atoms with E-state index in [0.717, 1.165) is 0 Å². The lowest BCUT2D eigenvalue weighted by atomic mass is 10.2. The fourth-order valence-corrected chi connectivity index (χ4v) is 2.85. The molecule has 8 heteroatoms. The van der Waals surface area contributed by atoms with Crippen LogP contribution < -0.4 is 20.1 Å². The zero-order chi connectivity index (χ0) is 16.2. The van der Waals surface area contributed by atoms with Crippen LogP contribution in [0.25, 0.3) is 0 Å². The van der Waals surface area contributed by atoms with Gasteiger partial charge in [0.25, 0.3) is 5.91 Å². The van der Waals surface area contributed by atoms with Crippen LogP contribution in [0.5, 0.6) is 11.5 Å². The van der Waals surface area contributed by atoms with Gasteiger partial charge in [0, 0.05) is 12.1 Å². The molecule has 0 unspecified atom stereocenters. The SMILES string of the molecule is O=C(CNC(=O)c1cccs1)Nc1cc2c(cc1Cl)OCCO2. The molecule has 0 saturated heterocycles. The number of thiophene rings is 1. The Kier molecular flexibility index (Phi) is 4.68. The zero-order valence-electron chi connectivity index (χ0n) is 11.9. The number of rotatable bonds is 4. The highest BCUT2D eigenvalue weighted by molar-refractivity contribution is 7.12. The van der Waals surface area contributed by atoms with Gasteiger partial charge in [0.05, 0.1) is 22.1 Å². The van der Waals surface area contributed by atoms with Crippen molar-refractivity contribution in [2.75, 3.05) is 25.1 Å². The molecule has 0 atom stereocenters. The number of carbonyl (C=O) groups excluding carboxylic acids is 2. The van der Waals surface area contributed by atoms with E-state index < -0.39 is 0 Å². The monoisotopic (exact) mass is 352 g/mol. The highest BCUT2D eigenvalue weighted by atomic mass is 35.5. The van der Waals surface area contributed by atoms with Crippen LogP contribution in [0, 0.1) is 0 Å². The second kappa shape index (κ2) is 6.89. The minimum absolute atomic E-state index is 0.151. The first-order valence-electron chi connectivity index (χ1n) is 6.84. The third-order valence-corrected chi connectivity index (χ3v) is 4.24. The molecule has 6 nitrogen and oxygen atoms in total. The van der Waals surface area contributed by atoms with Crippen molar-refractivity contribution in [2.45, 2.75) is 0 Å². The van der Waals surface area contributed by atoms with Crippen LogP contribution >= 0.6 is 22.9 Å². The summed E-state index contributed by atoms with van der Waals surface area (Å²) in [5.74, 6) is 0.403. The van der Waals surface area contributed by atoms with E-state index >= 15 is 0 Å². The van der Waals surface area contributed by atoms with Gasteiger partial charge in [0.15, 0.2) is 11.5 Å². The number of carbonyl (C=O) groups is 2. The molecule has 1 aliphatic rings. The summed E-state index contributed by atoms with van der Waals surface area (Å²) in [6, 6.07) is 6.66. The largest absolute Gasteiger partial charge is 0.486 e. The molecule has 0 bridgehead atoms. The number of fused-ring (bicyclic) bond motifs is 1. The number of amides is 2. The lowest BCUT2D eigenvalue weighted by Crippen LogP contribution is -2.32. The first-order chi connectivity index (χ1) is 11.1. The third-order valence-electron chi connectivity index (χ3n) is 3.06. The third kappa shape index (κ3) is 3.75. The van der Waals surface area contributed by atoms with Gasteiger partial charge in [-0.2, -0.15) is 0 Å². The molecule has 1 aromatic heterocycles. The molecule has 2 heterocycles. The predicted octanol–water partition coefficient (Wildman–Crippen LogP) is 2.54. The van der Waals surface area contributed by atoms with Crippen LogP contribution in [0.15, 0.2) is 29.6 Å². The van der Waals surface area contributed by atoms with Crippen molar-refractivity contribution in [3.05, 3.63) is 39.5 Å². The number of nitrogens with one attached hydrogen (secondary N) is 2. The fourth-order valence-electron chi connectivity index (χ4n) is 2.01. The van der Waals surface area contributed by atoms with Gasteiger partial charge in [0.1, 0.15) is 13.2 Å². The van der Waals surface area contributed by atoms with Gasteiger partial charge in [-0.05, 0) is 11.4 Å². The van der Waals surface area contributed by atoms with E-state index in [4.69, 9.17) is 21.1 Å². The van der Waals surface area contributed by atoms with Gasteiger partial charge in [-0.1, -0.05) is 17.7 Å². The molecule has 2 aromatic rings. The van der Waals surface area contributed by atoms with Gasteiger partial charge >= 0.3 is 0 Å². The van der Waals surface area contributed by atoms with Crippen molar-refractivity contribution in [1.82, 2.24) is 5.32 Å². The predicted molar refractivity (Wildman–Crippen MR) is 87.7 cm³/mol. The number of ether oxygens (including phenoxy) is 2. The Morgan fingerprint density at radius 1 is 1.22 bits per heavy atom. The normalized spacial score (nSPS) is 12.6. The van der Waals surface area contributed by atoms with Gasteiger partial charge in [-0.3, -0.25) is 9.59 Å². The Hall–Kier alpha value is -2.25. The molecular weight excluding hydrogens is 340 g/mol. The van der Waals surface area contributed by atoms with Crippen LogP contribution in [0.2, 0.25) is 5.02 Å². The summed E-state index contributed by atoms with van der Waals surface area (Å²) in [5, 5.41) is 7.33. The maximum absolute atomic E-state index is 12.0. The molecule has 2 N–H and O–H groups in total. The molecule has 1 aromatic carbocycles. The highest BCUT2D eigenvalue weighted by Gasteiger charge is 2.16. The summed E-state index contributed by atoms with van der Waals surface area (Å²) in [5.41, 5.74) is 0.409. The quantitative estimate of drug-likeness (QED) is 0.886. The second-order valence-corrected chi connectivity index (χ2v) is 6.04. The van der Waals surface area contributed by atoms with Crippen molar-refractivity contribution >= 4 is 40.4 Å². The molecule has 0 spiro atoms. The first kappa shape index (κ1) is 15.6. The fraction of sp³-hybridized carbons (Fsp3) is 0.200. The summed E-state index contributed by atoms with van der Waals surface area (Å²) >= 11 is 7.42. The Morgan fingerprint density at radius 2 is 1.96 bits per heavy atom. The molecule has 0 fully saturated rings. The molecule has 0 radical (unpaired) electrons. The molecule has 0 aliphatic carbocycles. The summed E-state index contributed by atoms with van der Waals surface area (Å²) in [7, 11) is 0. The maximum atomic E-state index is 12.0. The van der Waals surface area contributed by atoms with E-state index in [0.29, 0.717) is 40.3 Å². The van der Waals surface area contributed by atoms with E-state index in [-0.39, 0.29) is 18.4 Å². The zero-order valence-corrected chi connectivity index (χ0v) is 13.5. The minimum Gasteiger partial charge on any atom is -0.486 e. The lowest BCUT2D eigenvalue weighted by Gasteiger charge is -2.20. The Labute approximate surface area is 141 Å². The van der Waals surface area contributed by atoms with Crippen LogP contribution in [0.3, 0.4) is 0 Å². The second-order valence-electron chi connectivity index (χ2n) is 4.68. The van der Waals surface area contributed by atoms with Crippen LogP contribution in [0.4, 0.5) is 5.69 Å². The summed E-state index contributed by atoms with van der Waals surface area (Å²) in [6.07, 6.45) is 0. The molecule has 0 saturated carbocycles. The van der Waals surface area contributed by atoms with Crippen molar-refractivity contribution in [3.63, 3.8) is 0 Å². The number of hydrogen-bond acceptors (Lipinski definition) is 5. The minimum atomic E-state index is -0.381. The Morgan fingerprint density at radius 3 is 2.65 bits per heavy atom. The summed E-state index contributed by atoms with van der Waals surface area (Å²) < 4.78 is 10.9. The maximum Gasteiger partial charge on any atom is 0.261 e. The van der Waals surface area contributed by atoms with Crippen LogP contribution in [0.1, 0.15) is 9.67 Å². The molecule has 2 amide bonds. The van der Waals surface area contributed by atoms with Gasteiger partial charge in [-0.15, -0.1) is 11.3 Å². The van der Waals surface area contributed by atoms with Crippen molar-refractivity contribution < 1.29 is 19.1 Å². The van der Waals surface area contributed by atoms with Crippen LogP contribution in [-0.4, -0.2) is 31.6 Å². The van der Waals surface area contributed by atoms with Gasteiger partial charge in [-0.25, -0.2) is 0 Å². The number of benzene rings is 1. The van der Waals surface area contributed by atoms with E-state index in [2.05, 4.69) is 10.6 Å². The van der Waals surface area contributed by atoms with Crippen LogP contribution in [-0.2, 0) is 4.79 Å².